The standard InChI is InChI=1S/C18H22N2O4.C6H8O7/c1-18-8-24-16-11-7-10(17(21)22)15(19-11)12(20(16)18)6-9-4-3-5-13(23-2)14(9)18;7-3(8)1-6(13,5(11)12)2-4(9)10/h3-5,10-12,15-16,19H,6-8H2,1-2H3,(H,21,22);13H,1-2H2,(H,7,8)(H,9,10)(H,11,12)/t10-,11-,12+,15+,16-,18-;/m0./s1. The molecule has 1 aromatic rings. The summed E-state index contributed by atoms with van der Waals surface area (Å²) in [6, 6.07) is 6.38. The Morgan fingerprint density at radius 2 is 1.81 bits per heavy atom. The maximum Gasteiger partial charge on any atom is 0.336 e. The number of nitrogens with zero attached hydrogens (tertiary/aromatic N) is 1. The van der Waals surface area contributed by atoms with Crippen LogP contribution in [0, 0.1) is 5.92 Å². The van der Waals surface area contributed by atoms with Crippen LogP contribution in [-0.2, 0) is 35.9 Å². The van der Waals surface area contributed by atoms with Crippen molar-refractivity contribution in [2.24, 2.45) is 5.92 Å². The van der Waals surface area contributed by atoms with E-state index in [0.717, 1.165) is 12.2 Å². The van der Waals surface area contributed by atoms with Crippen molar-refractivity contribution in [1.29, 1.82) is 0 Å². The largest absolute Gasteiger partial charge is 0.496 e. The van der Waals surface area contributed by atoms with Gasteiger partial charge < -0.3 is 40.3 Å². The molecule has 0 spiro atoms. The van der Waals surface area contributed by atoms with Gasteiger partial charge in [0.2, 0.25) is 0 Å². The highest BCUT2D eigenvalue weighted by Gasteiger charge is 2.63. The number of nitrogens with one attached hydrogen (secondary N) is 1. The van der Waals surface area contributed by atoms with Crippen LogP contribution in [0.25, 0.3) is 0 Å². The Kier molecular flexibility index (Phi) is 6.92. The molecule has 0 amide bonds. The molecule has 0 aliphatic carbocycles. The molecular weight excluding hydrogens is 492 g/mol. The minimum Gasteiger partial charge on any atom is -0.496 e. The smallest absolute Gasteiger partial charge is 0.336 e. The molecule has 0 aromatic heterocycles. The van der Waals surface area contributed by atoms with Gasteiger partial charge in [0, 0.05) is 23.7 Å². The summed E-state index contributed by atoms with van der Waals surface area (Å²) in [6.45, 7) is 2.82. The first-order valence-electron chi connectivity index (χ1n) is 11.8. The van der Waals surface area contributed by atoms with Gasteiger partial charge in [-0.05, 0) is 31.4 Å². The second kappa shape index (κ2) is 9.56. The summed E-state index contributed by atoms with van der Waals surface area (Å²) in [7, 11) is 1.71. The zero-order valence-corrected chi connectivity index (χ0v) is 20.3. The van der Waals surface area contributed by atoms with Crippen LogP contribution in [0.1, 0.15) is 37.3 Å². The number of rotatable bonds is 7. The second-order valence-electron chi connectivity index (χ2n) is 10.1. The molecule has 6 N–H and O–H groups in total. The minimum atomic E-state index is -2.74. The number of carboxylic acid groups (broad SMARTS) is 4. The lowest BCUT2D eigenvalue weighted by molar-refractivity contribution is -0.170. The lowest BCUT2D eigenvalue weighted by Gasteiger charge is -2.52. The number of carboxylic acids is 4. The number of ether oxygens (including phenoxy) is 2. The number of hydrogen-bond acceptors (Lipinski definition) is 9. The predicted molar refractivity (Wildman–Crippen MR) is 123 cm³/mol. The van der Waals surface area contributed by atoms with E-state index in [1.54, 1.807) is 7.11 Å². The summed E-state index contributed by atoms with van der Waals surface area (Å²) < 4.78 is 11.8. The highest BCUT2D eigenvalue weighted by molar-refractivity contribution is 5.88. The van der Waals surface area contributed by atoms with Gasteiger partial charge in [0.25, 0.3) is 0 Å². The van der Waals surface area contributed by atoms with Gasteiger partial charge in [-0.3, -0.25) is 19.3 Å². The summed E-state index contributed by atoms with van der Waals surface area (Å²) in [5.41, 5.74) is -0.544. The van der Waals surface area contributed by atoms with Crippen molar-refractivity contribution in [1.82, 2.24) is 10.2 Å². The third kappa shape index (κ3) is 4.52. The zero-order valence-electron chi connectivity index (χ0n) is 20.3. The average Bonchev–Trinajstić information content (AvgIpc) is 3.36. The van der Waals surface area contributed by atoms with Gasteiger partial charge in [0.15, 0.2) is 5.60 Å². The fraction of sp³-hybridized carbons (Fsp3) is 0.583. The van der Waals surface area contributed by atoms with Crippen molar-refractivity contribution in [2.75, 3.05) is 13.7 Å². The summed E-state index contributed by atoms with van der Waals surface area (Å²) >= 11 is 0. The molecule has 0 radical (unpaired) electrons. The normalized spacial score (nSPS) is 31.4. The van der Waals surface area contributed by atoms with Crippen LogP contribution in [0.5, 0.6) is 5.75 Å². The van der Waals surface area contributed by atoms with Crippen molar-refractivity contribution in [3.8, 4) is 5.75 Å². The molecule has 13 nitrogen and oxygen atoms in total. The molecule has 37 heavy (non-hydrogen) atoms. The Bertz CT molecular complexity index is 1110. The van der Waals surface area contributed by atoms with Gasteiger partial charge in [-0.2, -0.15) is 0 Å². The van der Waals surface area contributed by atoms with E-state index < -0.39 is 42.3 Å². The second-order valence-corrected chi connectivity index (χ2v) is 10.1. The van der Waals surface area contributed by atoms with E-state index in [-0.39, 0.29) is 35.8 Å². The Balaban J connectivity index is 0.000000212. The molecule has 13 heteroatoms. The number of benzene rings is 1. The lowest BCUT2D eigenvalue weighted by atomic mass is 9.76. The SMILES string of the molecule is COc1cccc2c1[C@]1(C)CO[C@H]3[C@@H]4C[C@H](C(=O)O)[C@@H](N4)[C@@H](C2)N31.O=C(O)CC(O)(CC(=O)O)C(=O)O. The quantitative estimate of drug-likeness (QED) is 0.272. The summed E-state index contributed by atoms with van der Waals surface area (Å²) in [6.07, 6.45) is -0.876. The number of hydrogen-bond donors (Lipinski definition) is 6. The first kappa shape index (κ1) is 26.8. The van der Waals surface area contributed by atoms with Gasteiger partial charge in [0.1, 0.15) is 12.0 Å². The van der Waals surface area contributed by atoms with Crippen LogP contribution in [0.2, 0.25) is 0 Å². The van der Waals surface area contributed by atoms with Crippen LogP contribution in [-0.4, -0.2) is 98.0 Å². The maximum atomic E-state index is 11.7. The first-order valence-corrected chi connectivity index (χ1v) is 11.8. The Labute approximate surface area is 211 Å². The van der Waals surface area contributed by atoms with E-state index in [0.29, 0.717) is 13.0 Å². The fourth-order valence-electron chi connectivity index (χ4n) is 6.30. The van der Waals surface area contributed by atoms with Gasteiger partial charge in [-0.25, -0.2) is 4.79 Å². The molecule has 4 aliphatic heterocycles. The molecule has 6 atom stereocenters. The van der Waals surface area contributed by atoms with Crippen molar-refractivity contribution in [3.05, 3.63) is 29.3 Å². The number of aliphatic carboxylic acids is 4. The molecule has 4 heterocycles. The molecule has 3 saturated heterocycles. The molecule has 1 aromatic carbocycles. The summed E-state index contributed by atoms with van der Waals surface area (Å²) in [5.74, 6) is -5.16. The van der Waals surface area contributed by atoms with E-state index >= 15 is 0 Å². The number of methoxy groups -OCH3 is 1. The van der Waals surface area contributed by atoms with Crippen LogP contribution in [0.15, 0.2) is 18.2 Å². The van der Waals surface area contributed by atoms with Gasteiger partial charge in [0.05, 0.1) is 38.0 Å². The Hall–Kier alpha value is -3.26. The third-order valence-corrected chi connectivity index (χ3v) is 7.75. The van der Waals surface area contributed by atoms with E-state index in [1.165, 1.54) is 11.1 Å². The molecule has 3 fully saturated rings. The van der Waals surface area contributed by atoms with Crippen molar-refractivity contribution in [3.63, 3.8) is 0 Å². The van der Waals surface area contributed by atoms with Gasteiger partial charge >= 0.3 is 23.9 Å². The number of piperazine rings is 1. The number of aliphatic hydroxyl groups is 1. The van der Waals surface area contributed by atoms with Crippen LogP contribution < -0.4 is 10.1 Å². The molecule has 0 saturated carbocycles. The van der Waals surface area contributed by atoms with Crippen molar-refractivity contribution < 1.29 is 54.2 Å². The lowest BCUT2D eigenvalue weighted by Crippen LogP contribution is -2.68. The molecule has 202 valence electrons. The molecular formula is C24H30N2O11. The van der Waals surface area contributed by atoms with Crippen LogP contribution in [0.3, 0.4) is 0 Å². The highest BCUT2D eigenvalue weighted by atomic mass is 16.5. The molecule has 0 unspecified atom stereocenters. The topological polar surface area (TPSA) is 203 Å². The third-order valence-electron chi connectivity index (χ3n) is 7.75. The number of carbonyl (C=O) groups is 4. The minimum absolute atomic E-state index is 0.0240. The highest BCUT2D eigenvalue weighted by Crippen LogP contribution is 2.53. The molecule has 4 aliphatic rings. The maximum absolute atomic E-state index is 11.7. The Morgan fingerprint density at radius 3 is 2.35 bits per heavy atom. The first-order chi connectivity index (χ1) is 17.3. The van der Waals surface area contributed by atoms with E-state index in [1.807, 2.05) is 12.1 Å². The summed E-state index contributed by atoms with van der Waals surface area (Å²) in [5, 5.41) is 47.0. The monoisotopic (exact) mass is 522 g/mol. The van der Waals surface area contributed by atoms with Crippen LogP contribution >= 0.6 is 0 Å². The molecule has 5 rings (SSSR count). The van der Waals surface area contributed by atoms with Crippen molar-refractivity contribution in [2.45, 2.75) is 68.1 Å². The van der Waals surface area contributed by atoms with Gasteiger partial charge in [-0.15, -0.1) is 0 Å². The zero-order chi connectivity index (χ0) is 27.3. The van der Waals surface area contributed by atoms with Crippen molar-refractivity contribution >= 4 is 23.9 Å². The summed E-state index contributed by atoms with van der Waals surface area (Å²) in [4.78, 5) is 44.7. The van der Waals surface area contributed by atoms with Crippen LogP contribution in [0.4, 0.5) is 0 Å². The van der Waals surface area contributed by atoms with Gasteiger partial charge in [-0.1, -0.05) is 12.1 Å². The average molecular weight is 523 g/mol. The fourth-order valence-corrected chi connectivity index (χ4v) is 6.30. The molecule has 2 bridgehead atoms. The van der Waals surface area contributed by atoms with E-state index in [9.17, 15) is 24.3 Å². The number of fused-ring (bicyclic) bond motifs is 6. The van der Waals surface area contributed by atoms with E-state index in [4.69, 9.17) is 29.9 Å². The predicted octanol–water partition coefficient (Wildman–Crippen LogP) is -0.310. The van der Waals surface area contributed by atoms with E-state index in [2.05, 4.69) is 23.2 Å². The Morgan fingerprint density at radius 1 is 1.16 bits per heavy atom.